The first-order valence-corrected chi connectivity index (χ1v) is 14.1. The van der Waals surface area contributed by atoms with Gasteiger partial charge in [-0.1, -0.05) is 59.1 Å². The molecule has 0 fully saturated rings. The largest absolute Gasteiger partial charge is 2.00 e. The monoisotopic (exact) mass is 698 g/mol. The molecular weight excluding hydrogens is 684 g/mol. The fourth-order valence-corrected chi connectivity index (χ4v) is 4.34. The van der Waals surface area contributed by atoms with Gasteiger partial charge in [-0.3, -0.25) is 0 Å². The number of aromatic hydroxyl groups is 3. The van der Waals surface area contributed by atoms with Gasteiger partial charge in [0.25, 0.3) is 0 Å². The predicted molar refractivity (Wildman–Crippen MR) is 142 cm³/mol. The van der Waals surface area contributed by atoms with Gasteiger partial charge in [0.05, 0.1) is 14.8 Å². The molecule has 4 aromatic carbocycles. The number of halogens is 3. The fourth-order valence-electron chi connectivity index (χ4n) is 2.59. The van der Waals surface area contributed by atoms with Crippen molar-refractivity contribution in [1.82, 2.24) is 0 Å². The number of hydrogen-bond acceptors (Lipinski definition) is 10. The van der Waals surface area contributed by atoms with Crippen molar-refractivity contribution in [3.63, 3.8) is 0 Å². The van der Waals surface area contributed by atoms with Crippen molar-refractivity contribution in [3.8, 4) is 28.7 Å². The molecule has 0 spiro atoms. The van der Waals surface area contributed by atoms with E-state index >= 15 is 0 Å². The van der Waals surface area contributed by atoms with E-state index in [2.05, 4.69) is 0 Å². The van der Waals surface area contributed by atoms with Gasteiger partial charge in [-0.2, -0.15) is 0 Å². The Morgan fingerprint density at radius 1 is 0.575 bits per heavy atom. The zero-order valence-electron chi connectivity index (χ0n) is 19.9. The summed E-state index contributed by atoms with van der Waals surface area (Å²) in [5.74, 6) is -0.388. The normalized spacial score (nSPS) is 10.6. The third kappa shape index (κ3) is 11.1. The van der Waals surface area contributed by atoms with E-state index in [1.165, 1.54) is 30.3 Å². The molecule has 0 aliphatic rings. The van der Waals surface area contributed by atoms with Gasteiger partial charge >= 0.3 is 19.5 Å². The average molecular weight is 701 g/mol. The van der Waals surface area contributed by atoms with E-state index in [0.717, 1.165) is 24.3 Å². The van der Waals surface area contributed by atoms with Crippen molar-refractivity contribution >= 4 is 55.0 Å². The van der Waals surface area contributed by atoms with Crippen LogP contribution in [-0.2, 0) is 39.7 Å². The zero-order chi connectivity index (χ0) is 29.4. The first-order chi connectivity index (χ1) is 18.1. The molecule has 40 heavy (non-hydrogen) atoms. The smallest absolute Gasteiger partial charge is 0.744 e. The Kier molecular flexibility index (Phi) is 13.6. The van der Waals surface area contributed by atoms with Gasteiger partial charge in [0.15, 0.2) is 11.5 Å². The van der Waals surface area contributed by atoms with Crippen LogP contribution in [0.25, 0.3) is 0 Å². The summed E-state index contributed by atoms with van der Waals surface area (Å²) >= 11 is 17.4. The quantitative estimate of drug-likeness (QED) is 0.175. The van der Waals surface area contributed by atoms with Crippen molar-refractivity contribution < 1.29 is 65.5 Å². The Balaban J connectivity index is 0.000000308. The molecule has 0 bridgehead atoms. The van der Waals surface area contributed by atoms with Gasteiger partial charge in [0.1, 0.15) is 37.5 Å². The SMILES string of the molecule is O=S(=O)([O-])c1ccccc1O.O=S(=O)([O-])c1ccccc1O.Oc1cc(Cl)ccc1Oc1ccc(Cl)cc1Cl.[Zn+2]. The molecule has 16 heteroatoms. The van der Waals surface area contributed by atoms with E-state index in [1.54, 1.807) is 30.3 Å². The second-order valence-corrected chi connectivity index (χ2v) is 11.1. The Bertz CT molecular complexity index is 1540. The number of phenols is 3. The van der Waals surface area contributed by atoms with Crippen molar-refractivity contribution in [1.29, 1.82) is 0 Å². The molecule has 0 heterocycles. The third-order valence-corrected chi connectivity index (χ3v) is 6.84. The van der Waals surface area contributed by atoms with Crippen molar-refractivity contribution in [3.05, 3.63) is 100.0 Å². The molecule has 0 amide bonds. The van der Waals surface area contributed by atoms with Crippen LogP contribution in [0.4, 0.5) is 0 Å². The van der Waals surface area contributed by atoms with Crippen LogP contribution in [0.5, 0.6) is 28.7 Å². The molecule has 10 nitrogen and oxygen atoms in total. The van der Waals surface area contributed by atoms with Gasteiger partial charge in [0.2, 0.25) is 0 Å². The Hall–Kier alpha value is -2.61. The van der Waals surface area contributed by atoms with E-state index < -0.39 is 41.5 Å². The summed E-state index contributed by atoms with van der Waals surface area (Å²) in [7, 11) is -9.07. The summed E-state index contributed by atoms with van der Waals surface area (Å²) in [5, 5.41) is 28.7. The summed E-state index contributed by atoms with van der Waals surface area (Å²) in [6.45, 7) is 0. The Morgan fingerprint density at radius 2 is 0.975 bits per heavy atom. The molecule has 0 unspecified atom stereocenters. The molecular formula is C24H17Cl3O10S2Zn. The molecule has 3 N–H and O–H groups in total. The van der Waals surface area contributed by atoms with Crippen LogP contribution in [0.2, 0.25) is 15.1 Å². The van der Waals surface area contributed by atoms with E-state index in [1.807, 2.05) is 0 Å². The second kappa shape index (κ2) is 15.4. The van der Waals surface area contributed by atoms with E-state index in [9.17, 15) is 31.0 Å². The fraction of sp³-hybridized carbons (Fsp3) is 0. The van der Waals surface area contributed by atoms with Crippen molar-refractivity contribution in [2.45, 2.75) is 9.79 Å². The van der Waals surface area contributed by atoms with E-state index in [4.69, 9.17) is 49.8 Å². The van der Waals surface area contributed by atoms with Crippen LogP contribution in [0.1, 0.15) is 0 Å². The van der Waals surface area contributed by atoms with Crippen molar-refractivity contribution in [2.75, 3.05) is 0 Å². The van der Waals surface area contributed by atoms with Crippen LogP contribution in [0.3, 0.4) is 0 Å². The standard InChI is InChI=1S/C12H7Cl3O2.2C6H6O4S.Zn/c13-7-1-3-11(9(15)5-7)17-12-4-2-8(14)6-10(12)16;2*7-5-3-1-2-4-6(5)11(8,9)10;/h1-6,16H;2*1-4,7H,(H,8,9,10);/q;;;+2/p-2. The number of para-hydroxylation sites is 2. The maximum absolute atomic E-state index is 10.3. The minimum absolute atomic E-state index is 0. The van der Waals surface area contributed by atoms with E-state index in [0.29, 0.717) is 20.8 Å². The van der Waals surface area contributed by atoms with E-state index in [-0.39, 0.29) is 31.0 Å². The zero-order valence-corrected chi connectivity index (χ0v) is 26.8. The van der Waals surface area contributed by atoms with Gasteiger partial charge < -0.3 is 29.2 Å². The number of ether oxygens (including phenoxy) is 1. The molecule has 0 saturated carbocycles. The van der Waals surface area contributed by atoms with Crippen LogP contribution >= 0.6 is 34.8 Å². The second-order valence-electron chi connectivity index (χ2n) is 7.13. The molecule has 4 rings (SSSR count). The van der Waals surface area contributed by atoms with Crippen LogP contribution in [-0.4, -0.2) is 41.3 Å². The summed E-state index contributed by atoms with van der Waals surface area (Å²) in [6, 6.07) is 19.4. The third-order valence-electron chi connectivity index (χ3n) is 4.30. The number of rotatable bonds is 4. The average Bonchev–Trinajstić information content (AvgIpc) is 2.82. The summed E-state index contributed by atoms with van der Waals surface area (Å²) in [4.78, 5) is -1.17. The summed E-state index contributed by atoms with van der Waals surface area (Å²) in [6.07, 6.45) is 0. The molecule has 0 aliphatic carbocycles. The van der Waals surface area contributed by atoms with Crippen LogP contribution in [0.15, 0.2) is 94.7 Å². The minimum atomic E-state index is -4.53. The summed E-state index contributed by atoms with van der Waals surface area (Å²) < 4.78 is 67.5. The van der Waals surface area contributed by atoms with Gasteiger partial charge in [-0.15, -0.1) is 0 Å². The van der Waals surface area contributed by atoms with Gasteiger partial charge in [0, 0.05) is 16.1 Å². The number of benzene rings is 4. The van der Waals surface area contributed by atoms with Gasteiger partial charge in [-0.05, 0) is 54.6 Å². The Labute approximate surface area is 257 Å². The number of phenolic OH excluding ortho intramolecular Hbond substituents is 3. The van der Waals surface area contributed by atoms with Gasteiger partial charge in [-0.25, -0.2) is 16.8 Å². The topological polar surface area (TPSA) is 184 Å². The molecule has 4 aromatic rings. The molecule has 208 valence electrons. The van der Waals surface area contributed by atoms with Crippen LogP contribution < -0.4 is 4.74 Å². The first-order valence-electron chi connectivity index (χ1n) is 10.2. The molecule has 0 aromatic heterocycles. The molecule has 0 aliphatic heterocycles. The maximum Gasteiger partial charge on any atom is 2.00 e. The van der Waals surface area contributed by atoms with Crippen LogP contribution in [0, 0.1) is 0 Å². The Morgan fingerprint density at radius 3 is 1.32 bits per heavy atom. The minimum Gasteiger partial charge on any atom is -0.744 e. The summed E-state index contributed by atoms with van der Waals surface area (Å²) in [5.41, 5.74) is 0. The predicted octanol–water partition coefficient (Wildman–Crippen LogP) is 5.73. The van der Waals surface area contributed by atoms with Crippen molar-refractivity contribution in [2.24, 2.45) is 0 Å². The molecule has 0 saturated heterocycles. The molecule has 0 radical (unpaired) electrons. The molecule has 0 atom stereocenters. The first kappa shape index (κ1) is 35.4. The number of hydrogen-bond donors (Lipinski definition) is 3. The maximum atomic E-state index is 10.3.